The normalized spacial score (nSPS) is 11.6. The quantitative estimate of drug-likeness (QED) is 0.238. The highest BCUT2D eigenvalue weighted by Crippen LogP contribution is 2.33. The molecule has 3 amide bonds. The molecule has 0 atom stereocenters. The number of thiazole rings is 1. The second-order valence-corrected chi connectivity index (χ2v) is 10.1. The van der Waals surface area contributed by atoms with Crippen molar-refractivity contribution in [2.75, 3.05) is 10.6 Å². The van der Waals surface area contributed by atoms with Crippen LogP contribution in [0.15, 0.2) is 84.9 Å². The number of aromatic nitrogens is 1. The number of halogens is 3. The van der Waals surface area contributed by atoms with Crippen molar-refractivity contribution < 1.29 is 22.8 Å². The molecule has 4 rings (SSSR count). The molecule has 0 bridgehead atoms. The van der Waals surface area contributed by atoms with E-state index in [1.807, 2.05) is 60.7 Å². The summed E-state index contributed by atoms with van der Waals surface area (Å²) in [6.45, 7) is 2.98. The van der Waals surface area contributed by atoms with E-state index in [1.165, 1.54) is 37.3 Å². The van der Waals surface area contributed by atoms with E-state index in [1.54, 1.807) is 0 Å². The maximum Gasteiger partial charge on any atom is 0.416 e. The number of alkyl halides is 3. The van der Waals surface area contributed by atoms with Crippen molar-refractivity contribution in [1.82, 2.24) is 10.3 Å². The minimum absolute atomic E-state index is 0.0495. The lowest BCUT2D eigenvalue weighted by Gasteiger charge is -2.24. The summed E-state index contributed by atoms with van der Waals surface area (Å²) in [5.41, 5.74) is 0.419. The molecule has 0 spiro atoms. The second kappa shape index (κ2) is 11.1. The van der Waals surface area contributed by atoms with Crippen LogP contribution in [0.2, 0.25) is 0 Å². The molecular weight excluding hydrogens is 513 g/mol. The van der Waals surface area contributed by atoms with Gasteiger partial charge in [-0.05, 0) is 37.6 Å². The molecule has 4 aromatic rings. The topological polar surface area (TPSA) is 83.1 Å². The minimum atomic E-state index is -4.54. The van der Waals surface area contributed by atoms with Crippen molar-refractivity contribution in [2.24, 2.45) is 0 Å². The van der Waals surface area contributed by atoms with Gasteiger partial charge in [-0.25, -0.2) is 9.78 Å². The third kappa shape index (κ3) is 6.77. The molecule has 0 saturated heterocycles. The molecule has 0 radical (unpaired) electrons. The van der Waals surface area contributed by atoms with Gasteiger partial charge < -0.3 is 10.6 Å². The van der Waals surface area contributed by atoms with Gasteiger partial charge in [0.1, 0.15) is 5.54 Å². The van der Waals surface area contributed by atoms with Crippen LogP contribution in [-0.2, 0) is 17.4 Å². The SMILES string of the molecule is CC(C)(NC(=O)Nc1cccc(C(F)(F)F)c1)C(=O)Nc1nc(-c2ccccc2)c(Cc2ccccc2)s1. The summed E-state index contributed by atoms with van der Waals surface area (Å²) in [4.78, 5) is 31.2. The zero-order chi connectivity index (χ0) is 27.3. The van der Waals surface area contributed by atoms with Crippen LogP contribution >= 0.6 is 11.3 Å². The Kier molecular flexibility index (Phi) is 7.82. The fourth-order valence-electron chi connectivity index (χ4n) is 3.66. The summed E-state index contributed by atoms with van der Waals surface area (Å²) in [7, 11) is 0. The van der Waals surface area contributed by atoms with Crippen LogP contribution in [0.1, 0.15) is 29.9 Å². The van der Waals surface area contributed by atoms with Crippen molar-refractivity contribution in [1.29, 1.82) is 0 Å². The molecule has 3 N–H and O–H groups in total. The Morgan fingerprint density at radius 3 is 2.18 bits per heavy atom. The van der Waals surface area contributed by atoms with Gasteiger partial charge in [0.25, 0.3) is 5.91 Å². The first kappa shape index (κ1) is 26.9. The Balaban J connectivity index is 1.48. The third-order valence-corrected chi connectivity index (χ3v) is 6.58. The Morgan fingerprint density at radius 1 is 0.868 bits per heavy atom. The zero-order valence-electron chi connectivity index (χ0n) is 20.6. The summed E-state index contributed by atoms with van der Waals surface area (Å²) in [6.07, 6.45) is -3.92. The van der Waals surface area contributed by atoms with Crippen LogP contribution < -0.4 is 16.0 Å². The van der Waals surface area contributed by atoms with Crippen LogP contribution in [0, 0.1) is 0 Å². The molecule has 0 aliphatic heterocycles. The lowest BCUT2D eigenvalue weighted by molar-refractivity contribution is -0.137. The summed E-state index contributed by atoms with van der Waals surface area (Å²) >= 11 is 1.34. The number of amides is 3. The van der Waals surface area contributed by atoms with E-state index in [0.29, 0.717) is 11.6 Å². The minimum Gasteiger partial charge on any atom is -0.324 e. The first-order valence-corrected chi connectivity index (χ1v) is 12.5. The monoisotopic (exact) mass is 538 g/mol. The fourth-order valence-corrected chi connectivity index (χ4v) is 4.67. The first-order chi connectivity index (χ1) is 18.0. The van der Waals surface area contributed by atoms with Crippen molar-refractivity contribution >= 4 is 34.1 Å². The molecule has 196 valence electrons. The standard InChI is InChI=1S/C28H25F3N4O2S/c1-27(2,35-25(37)32-21-15-9-14-20(17-21)28(29,30)31)24(36)34-26-33-23(19-12-7-4-8-13-19)22(38-26)16-18-10-5-3-6-11-18/h3-15,17H,16H2,1-2H3,(H2,32,35,37)(H,33,34,36). The maximum absolute atomic E-state index is 13.1. The molecule has 6 nitrogen and oxygen atoms in total. The lowest BCUT2D eigenvalue weighted by Crippen LogP contribution is -2.53. The lowest BCUT2D eigenvalue weighted by atomic mass is 10.1. The Bertz CT molecular complexity index is 1420. The molecule has 0 aliphatic rings. The summed E-state index contributed by atoms with van der Waals surface area (Å²) in [5, 5.41) is 8.00. The highest BCUT2D eigenvalue weighted by molar-refractivity contribution is 7.16. The van der Waals surface area contributed by atoms with E-state index < -0.39 is 29.2 Å². The largest absolute Gasteiger partial charge is 0.416 e. The Labute approximate surface area is 221 Å². The number of benzene rings is 3. The third-order valence-electron chi connectivity index (χ3n) is 5.61. The number of hydrogen-bond donors (Lipinski definition) is 3. The van der Waals surface area contributed by atoms with Crippen LogP contribution in [0.5, 0.6) is 0 Å². The van der Waals surface area contributed by atoms with Crippen molar-refractivity contribution in [3.05, 3.63) is 101 Å². The predicted molar refractivity (Wildman–Crippen MR) is 143 cm³/mol. The summed E-state index contributed by atoms with van der Waals surface area (Å²) in [6, 6.07) is 22.9. The van der Waals surface area contributed by atoms with E-state index in [4.69, 9.17) is 0 Å². The number of anilines is 2. The van der Waals surface area contributed by atoms with Crippen molar-refractivity contribution in [3.63, 3.8) is 0 Å². The zero-order valence-corrected chi connectivity index (χ0v) is 21.4. The highest BCUT2D eigenvalue weighted by Gasteiger charge is 2.32. The Morgan fingerprint density at radius 2 is 1.53 bits per heavy atom. The van der Waals surface area contributed by atoms with Gasteiger partial charge in [-0.2, -0.15) is 13.2 Å². The number of carbonyl (C=O) groups excluding carboxylic acids is 2. The van der Waals surface area contributed by atoms with Gasteiger partial charge in [0.15, 0.2) is 5.13 Å². The number of hydrogen-bond acceptors (Lipinski definition) is 4. The van der Waals surface area contributed by atoms with Gasteiger partial charge in [-0.3, -0.25) is 10.1 Å². The molecular formula is C28H25F3N4O2S. The molecule has 0 unspecified atom stereocenters. The number of nitrogens with one attached hydrogen (secondary N) is 3. The Hall–Kier alpha value is -4.18. The number of urea groups is 1. The molecule has 10 heteroatoms. The molecule has 1 aromatic heterocycles. The van der Waals surface area contributed by atoms with Crippen LogP contribution in [0.3, 0.4) is 0 Å². The van der Waals surface area contributed by atoms with Gasteiger partial charge in [0, 0.05) is 22.5 Å². The highest BCUT2D eigenvalue weighted by atomic mass is 32.1. The van der Waals surface area contributed by atoms with Gasteiger partial charge in [0.05, 0.1) is 11.3 Å². The second-order valence-electron chi connectivity index (χ2n) is 9.06. The average molecular weight is 539 g/mol. The molecule has 1 heterocycles. The first-order valence-electron chi connectivity index (χ1n) is 11.7. The number of carbonyl (C=O) groups is 2. The smallest absolute Gasteiger partial charge is 0.324 e. The predicted octanol–water partition coefficient (Wildman–Crippen LogP) is 6.96. The van der Waals surface area contributed by atoms with Crippen LogP contribution in [0.25, 0.3) is 11.3 Å². The van der Waals surface area contributed by atoms with Gasteiger partial charge >= 0.3 is 12.2 Å². The van der Waals surface area contributed by atoms with Crippen LogP contribution in [-0.4, -0.2) is 22.5 Å². The van der Waals surface area contributed by atoms with Gasteiger partial charge in [-0.15, -0.1) is 11.3 Å². The molecule has 3 aromatic carbocycles. The fraction of sp³-hybridized carbons (Fsp3) is 0.179. The average Bonchev–Trinajstić information content (AvgIpc) is 3.26. The number of rotatable bonds is 7. The summed E-state index contributed by atoms with van der Waals surface area (Å²) < 4.78 is 38.9. The molecule has 0 saturated carbocycles. The van der Waals surface area contributed by atoms with E-state index >= 15 is 0 Å². The van der Waals surface area contributed by atoms with Gasteiger partial charge in [-0.1, -0.05) is 66.7 Å². The van der Waals surface area contributed by atoms with E-state index in [-0.39, 0.29) is 5.69 Å². The van der Waals surface area contributed by atoms with Crippen LogP contribution in [0.4, 0.5) is 28.8 Å². The number of nitrogens with zero attached hydrogens (tertiary/aromatic N) is 1. The maximum atomic E-state index is 13.1. The molecule has 38 heavy (non-hydrogen) atoms. The van der Waals surface area contributed by atoms with Crippen molar-refractivity contribution in [2.45, 2.75) is 32.0 Å². The van der Waals surface area contributed by atoms with E-state index in [2.05, 4.69) is 20.9 Å². The van der Waals surface area contributed by atoms with E-state index in [0.717, 1.165) is 33.8 Å². The molecule has 0 aliphatic carbocycles. The van der Waals surface area contributed by atoms with E-state index in [9.17, 15) is 22.8 Å². The van der Waals surface area contributed by atoms with Gasteiger partial charge in [0.2, 0.25) is 0 Å². The van der Waals surface area contributed by atoms with Crippen molar-refractivity contribution in [3.8, 4) is 11.3 Å². The summed E-state index contributed by atoms with van der Waals surface area (Å²) in [5.74, 6) is -0.531. The molecule has 0 fully saturated rings.